The van der Waals surface area contributed by atoms with Gasteiger partial charge in [-0.15, -0.1) is 24.0 Å². The van der Waals surface area contributed by atoms with Crippen LogP contribution in [0.15, 0.2) is 29.3 Å². The summed E-state index contributed by atoms with van der Waals surface area (Å²) in [6, 6.07) is 7.53. The lowest BCUT2D eigenvalue weighted by Crippen LogP contribution is -2.40. The average Bonchev–Trinajstić information content (AvgIpc) is 2.59. The quantitative estimate of drug-likeness (QED) is 0.320. The Bertz CT molecular complexity index is 590. The van der Waals surface area contributed by atoms with Gasteiger partial charge in [0.15, 0.2) is 5.96 Å². The number of hydrogen-bond donors (Lipinski definition) is 3. The van der Waals surface area contributed by atoms with Crippen molar-refractivity contribution in [2.24, 2.45) is 4.99 Å². The maximum absolute atomic E-state index is 11.6. The molecule has 3 N–H and O–H groups in total. The third-order valence-electron chi connectivity index (χ3n) is 3.48. The molecule has 0 spiro atoms. The smallest absolute Gasteiger partial charge is 0.251 e. The van der Waals surface area contributed by atoms with Crippen molar-refractivity contribution in [1.82, 2.24) is 20.9 Å². The molecule has 0 aliphatic rings. The molecule has 0 aliphatic heterocycles. The van der Waals surface area contributed by atoms with E-state index in [0.29, 0.717) is 31.0 Å². The van der Waals surface area contributed by atoms with Crippen molar-refractivity contribution in [2.75, 3.05) is 41.3 Å². The van der Waals surface area contributed by atoms with E-state index >= 15 is 0 Å². The minimum absolute atomic E-state index is 0. The van der Waals surface area contributed by atoms with Gasteiger partial charge < -0.3 is 20.9 Å². The predicted molar refractivity (Wildman–Crippen MR) is 112 cm³/mol. The van der Waals surface area contributed by atoms with Crippen LogP contribution in [0, 0.1) is 0 Å². The zero-order valence-electron chi connectivity index (χ0n) is 15.3. The van der Waals surface area contributed by atoms with Crippen LogP contribution < -0.4 is 16.0 Å². The summed E-state index contributed by atoms with van der Waals surface area (Å²) in [5, 5.41) is 8.92. The second-order valence-corrected chi connectivity index (χ2v) is 5.49. The van der Waals surface area contributed by atoms with Crippen molar-refractivity contribution in [2.45, 2.75) is 12.8 Å². The first-order chi connectivity index (χ1) is 11.5. The first-order valence-corrected chi connectivity index (χ1v) is 7.93. The first-order valence-electron chi connectivity index (χ1n) is 7.93. The highest BCUT2D eigenvalue weighted by Crippen LogP contribution is 2.05. The van der Waals surface area contributed by atoms with Gasteiger partial charge in [-0.05, 0) is 24.1 Å². The number of nitrogens with zero attached hydrogens (tertiary/aromatic N) is 2. The normalized spacial score (nSPS) is 10.5. The summed E-state index contributed by atoms with van der Waals surface area (Å²) in [7, 11) is 6.78. The van der Waals surface area contributed by atoms with Crippen molar-refractivity contribution in [1.29, 1.82) is 0 Å². The van der Waals surface area contributed by atoms with Gasteiger partial charge in [0, 0.05) is 53.3 Å². The molecule has 140 valence electrons. The van der Waals surface area contributed by atoms with Crippen LogP contribution in [0.2, 0.25) is 0 Å². The molecule has 8 heteroatoms. The second kappa shape index (κ2) is 12.5. The maximum atomic E-state index is 11.6. The van der Waals surface area contributed by atoms with E-state index in [2.05, 4.69) is 20.9 Å². The van der Waals surface area contributed by atoms with E-state index in [-0.39, 0.29) is 35.8 Å². The molecule has 0 atom stereocenters. The highest BCUT2D eigenvalue weighted by atomic mass is 127. The van der Waals surface area contributed by atoms with Gasteiger partial charge in [-0.2, -0.15) is 0 Å². The summed E-state index contributed by atoms with van der Waals surface area (Å²) in [4.78, 5) is 28.8. The van der Waals surface area contributed by atoms with Gasteiger partial charge in [-0.3, -0.25) is 14.6 Å². The molecule has 0 fully saturated rings. The summed E-state index contributed by atoms with van der Waals surface area (Å²) >= 11 is 0. The topological polar surface area (TPSA) is 85.8 Å². The highest BCUT2D eigenvalue weighted by Gasteiger charge is 2.05. The van der Waals surface area contributed by atoms with Crippen LogP contribution in [-0.4, -0.2) is 64.0 Å². The van der Waals surface area contributed by atoms with Gasteiger partial charge in [0.25, 0.3) is 5.91 Å². The number of halogens is 1. The summed E-state index contributed by atoms with van der Waals surface area (Å²) in [6.07, 6.45) is 1.18. The maximum Gasteiger partial charge on any atom is 0.251 e. The van der Waals surface area contributed by atoms with E-state index in [4.69, 9.17) is 0 Å². The number of aliphatic imine (C=N–C) groups is 1. The van der Waals surface area contributed by atoms with E-state index in [1.807, 2.05) is 18.2 Å². The lowest BCUT2D eigenvalue weighted by Gasteiger charge is -2.13. The van der Waals surface area contributed by atoms with E-state index in [9.17, 15) is 9.59 Å². The summed E-state index contributed by atoms with van der Waals surface area (Å²) in [5.41, 5.74) is 1.72. The van der Waals surface area contributed by atoms with Crippen LogP contribution in [0.25, 0.3) is 0 Å². The Kier molecular flexibility index (Phi) is 11.6. The zero-order chi connectivity index (χ0) is 17.9. The van der Waals surface area contributed by atoms with Gasteiger partial charge in [-0.25, -0.2) is 0 Å². The lowest BCUT2D eigenvalue weighted by atomic mass is 10.1. The standard InChI is InChI=1S/C17H27N5O2.HI/c1-18-16(24)14-7-5-6-13(12-14)8-10-20-17(19-2)21-11-9-15(23)22(3)4;/h5-7,12H,8-11H2,1-4H3,(H,18,24)(H2,19,20,21);1H. The Morgan fingerprint density at radius 1 is 1.16 bits per heavy atom. The molecule has 0 saturated carbocycles. The van der Waals surface area contributed by atoms with Crippen LogP contribution in [0.5, 0.6) is 0 Å². The van der Waals surface area contributed by atoms with E-state index in [1.54, 1.807) is 39.2 Å². The third kappa shape index (κ3) is 8.71. The molecule has 1 aromatic rings. The minimum Gasteiger partial charge on any atom is -0.356 e. The molecule has 0 heterocycles. The molecule has 0 unspecified atom stereocenters. The van der Waals surface area contributed by atoms with Gasteiger partial charge in [0.2, 0.25) is 5.91 Å². The molecule has 1 rings (SSSR count). The molecule has 7 nitrogen and oxygen atoms in total. The van der Waals surface area contributed by atoms with Gasteiger partial charge in [0.1, 0.15) is 0 Å². The number of benzene rings is 1. The van der Waals surface area contributed by atoms with Crippen molar-refractivity contribution in [3.05, 3.63) is 35.4 Å². The molecular formula is C17H28IN5O2. The summed E-state index contributed by atoms with van der Waals surface area (Å²) < 4.78 is 0. The molecule has 0 radical (unpaired) electrons. The number of nitrogens with one attached hydrogen (secondary N) is 3. The number of carbonyl (C=O) groups excluding carboxylic acids is 2. The molecule has 2 amide bonds. The number of guanidine groups is 1. The fraction of sp³-hybridized carbons (Fsp3) is 0.471. The predicted octanol–water partition coefficient (Wildman–Crippen LogP) is 0.850. The van der Waals surface area contributed by atoms with Gasteiger partial charge in [-0.1, -0.05) is 12.1 Å². The Balaban J connectivity index is 0.00000576. The molecule has 1 aromatic carbocycles. The SMILES string of the molecule is CN=C(NCCC(=O)N(C)C)NCCc1cccc(C(=O)NC)c1.I. The van der Waals surface area contributed by atoms with Gasteiger partial charge in [0.05, 0.1) is 0 Å². The van der Waals surface area contributed by atoms with E-state index < -0.39 is 0 Å². The largest absolute Gasteiger partial charge is 0.356 e. The average molecular weight is 461 g/mol. The molecule has 25 heavy (non-hydrogen) atoms. The van der Waals surface area contributed by atoms with E-state index in [1.165, 1.54) is 0 Å². The zero-order valence-corrected chi connectivity index (χ0v) is 17.6. The number of carbonyl (C=O) groups is 2. The minimum atomic E-state index is -0.0900. The lowest BCUT2D eigenvalue weighted by molar-refractivity contribution is -0.128. The first kappa shape index (κ1) is 23.2. The van der Waals surface area contributed by atoms with Crippen molar-refractivity contribution in [3.8, 4) is 0 Å². The number of hydrogen-bond acceptors (Lipinski definition) is 3. The number of rotatable bonds is 7. The van der Waals surface area contributed by atoms with E-state index in [0.717, 1.165) is 12.0 Å². The Morgan fingerprint density at radius 3 is 2.44 bits per heavy atom. The molecule has 0 bridgehead atoms. The van der Waals surface area contributed by atoms with Crippen LogP contribution >= 0.6 is 24.0 Å². The fourth-order valence-corrected chi connectivity index (χ4v) is 2.07. The van der Waals surface area contributed by atoms with Crippen LogP contribution in [0.3, 0.4) is 0 Å². The van der Waals surface area contributed by atoms with Crippen molar-refractivity contribution < 1.29 is 9.59 Å². The molecule has 0 aromatic heterocycles. The fourth-order valence-electron chi connectivity index (χ4n) is 2.07. The Labute approximate surface area is 166 Å². The summed E-state index contributed by atoms with van der Waals surface area (Å²) in [6.45, 7) is 1.21. The molecular weight excluding hydrogens is 433 g/mol. The molecule has 0 saturated heterocycles. The third-order valence-corrected chi connectivity index (χ3v) is 3.48. The van der Waals surface area contributed by atoms with Crippen LogP contribution in [0.1, 0.15) is 22.3 Å². The van der Waals surface area contributed by atoms with Crippen molar-refractivity contribution >= 4 is 41.8 Å². The highest BCUT2D eigenvalue weighted by molar-refractivity contribution is 14.0. The Morgan fingerprint density at radius 2 is 1.84 bits per heavy atom. The van der Waals surface area contributed by atoms with Crippen LogP contribution in [0.4, 0.5) is 0 Å². The number of amides is 2. The second-order valence-electron chi connectivity index (χ2n) is 5.49. The van der Waals surface area contributed by atoms with Gasteiger partial charge >= 0.3 is 0 Å². The summed E-state index contributed by atoms with van der Waals surface area (Å²) in [5.74, 6) is 0.640. The Hall–Kier alpha value is -1.84. The van der Waals surface area contributed by atoms with Crippen molar-refractivity contribution in [3.63, 3.8) is 0 Å². The van der Waals surface area contributed by atoms with Crippen LogP contribution in [-0.2, 0) is 11.2 Å². The molecule has 0 aliphatic carbocycles. The monoisotopic (exact) mass is 461 g/mol.